The van der Waals surface area contributed by atoms with Crippen LogP contribution in [0.4, 0.5) is 12.9 Å². The van der Waals surface area contributed by atoms with Crippen LogP contribution in [0.1, 0.15) is 20.3 Å². The minimum absolute atomic E-state index is 0. The van der Waals surface area contributed by atoms with Gasteiger partial charge in [-0.2, -0.15) is 0 Å². The number of hydrogen-bond donors (Lipinski definition) is 0. The van der Waals surface area contributed by atoms with Crippen LogP contribution in [0.3, 0.4) is 0 Å². The summed E-state index contributed by atoms with van der Waals surface area (Å²) in [7, 11) is 0. The molecule has 0 aliphatic carbocycles. The average Bonchev–Trinajstić information content (AvgIpc) is 1.85. The molecule has 0 saturated heterocycles. The predicted molar refractivity (Wildman–Crippen MR) is 39.8 cm³/mol. The van der Waals surface area contributed by atoms with Gasteiger partial charge in [-0.3, -0.25) is 4.79 Å². The van der Waals surface area contributed by atoms with E-state index in [-0.39, 0.29) is 58.0 Å². The van der Waals surface area contributed by atoms with Gasteiger partial charge in [-0.25, -0.2) is 0 Å². The Kier molecular flexibility index (Phi) is 9.18. The topological polar surface area (TPSA) is 26.3 Å². The Morgan fingerprint density at radius 3 is 2.23 bits per heavy atom. The molecule has 0 spiro atoms. The molecule has 0 aliphatic heterocycles. The van der Waals surface area contributed by atoms with Crippen molar-refractivity contribution in [3.05, 3.63) is 0 Å². The molecule has 7 heteroatoms. The third-order valence-electron chi connectivity index (χ3n) is 1.44. The van der Waals surface area contributed by atoms with Crippen molar-refractivity contribution in [2.45, 2.75) is 26.1 Å². The van der Waals surface area contributed by atoms with Crippen LogP contribution >= 0.6 is 0 Å². The fourth-order valence-corrected chi connectivity index (χ4v) is 0.616. The maximum absolute atomic E-state index is 11.9. The van der Waals surface area contributed by atoms with Gasteiger partial charge in [0.05, 0.1) is 6.61 Å². The van der Waals surface area contributed by atoms with Crippen molar-refractivity contribution in [1.29, 1.82) is 0 Å². The summed E-state index contributed by atoms with van der Waals surface area (Å²) in [6.45, 7) is -2.25. The number of carbonyl (C=O) groups is 1. The molecular formula is C6H11BF3KO2. The maximum atomic E-state index is 11.9. The minimum atomic E-state index is -4.92. The normalized spacial score (nSPS) is 13.0. The van der Waals surface area contributed by atoms with Gasteiger partial charge in [0, 0.05) is 6.42 Å². The van der Waals surface area contributed by atoms with E-state index in [9.17, 15) is 17.7 Å². The number of hydrogen-bond acceptors (Lipinski definition) is 2. The molecule has 0 aromatic heterocycles. The van der Waals surface area contributed by atoms with Crippen LogP contribution in [0.15, 0.2) is 0 Å². The summed E-state index contributed by atoms with van der Waals surface area (Å²) in [5, 5.41) is 0. The summed E-state index contributed by atoms with van der Waals surface area (Å²) >= 11 is 0. The first kappa shape index (κ1) is 16.4. The first-order valence-corrected chi connectivity index (χ1v) is 3.73. The van der Waals surface area contributed by atoms with Gasteiger partial charge in [-0.05, 0) is 6.92 Å². The summed E-state index contributed by atoms with van der Waals surface area (Å²) in [5.74, 6) is -2.35. The van der Waals surface area contributed by atoms with E-state index >= 15 is 0 Å². The van der Waals surface area contributed by atoms with E-state index < -0.39 is 25.2 Å². The van der Waals surface area contributed by atoms with Crippen LogP contribution < -0.4 is 51.4 Å². The van der Waals surface area contributed by atoms with Gasteiger partial charge in [0.25, 0.3) is 0 Å². The van der Waals surface area contributed by atoms with Crippen molar-refractivity contribution in [3.63, 3.8) is 0 Å². The summed E-state index contributed by atoms with van der Waals surface area (Å²) in [5.41, 5.74) is 0. The third kappa shape index (κ3) is 7.99. The Balaban J connectivity index is 0. The molecule has 0 saturated carbocycles. The maximum Gasteiger partial charge on any atom is 1.00 e. The molecule has 0 aromatic carbocycles. The van der Waals surface area contributed by atoms with Gasteiger partial charge in [0.1, 0.15) is 0 Å². The van der Waals surface area contributed by atoms with Crippen LogP contribution in [0, 0.1) is 0 Å². The molecule has 0 radical (unpaired) electrons. The summed E-state index contributed by atoms with van der Waals surface area (Å²) < 4.78 is 40.1. The second-order valence-corrected chi connectivity index (χ2v) is 2.61. The molecule has 2 nitrogen and oxygen atoms in total. The quantitative estimate of drug-likeness (QED) is 0.459. The number of carbonyl (C=O) groups excluding carboxylic acids is 1. The molecule has 0 amide bonds. The number of halogens is 3. The number of ether oxygens (including phenoxy) is 1. The third-order valence-corrected chi connectivity index (χ3v) is 1.44. The predicted octanol–water partition coefficient (Wildman–Crippen LogP) is -0.819. The van der Waals surface area contributed by atoms with Gasteiger partial charge in [0.2, 0.25) is 0 Å². The van der Waals surface area contributed by atoms with Crippen molar-refractivity contribution in [2.75, 3.05) is 6.61 Å². The van der Waals surface area contributed by atoms with Crippen LogP contribution in [0.5, 0.6) is 0 Å². The molecule has 0 fully saturated rings. The largest absolute Gasteiger partial charge is 1.00 e. The molecule has 0 N–H and O–H groups in total. The second kappa shape index (κ2) is 7.28. The molecule has 0 heterocycles. The fraction of sp³-hybridized carbons (Fsp3) is 0.833. The molecule has 1 atom stereocenters. The summed E-state index contributed by atoms with van der Waals surface area (Å²) in [6.07, 6.45) is -0.572. The van der Waals surface area contributed by atoms with E-state index in [0.717, 1.165) is 6.92 Å². The molecule has 0 aromatic rings. The zero-order valence-corrected chi connectivity index (χ0v) is 11.1. The summed E-state index contributed by atoms with van der Waals surface area (Å²) in [6, 6.07) is 0. The van der Waals surface area contributed by atoms with Crippen LogP contribution in [0.25, 0.3) is 0 Å². The van der Waals surface area contributed by atoms with E-state index in [0.29, 0.717) is 0 Å². The Bertz CT molecular complexity index is 162. The number of rotatable bonds is 4. The SMILES string of the molecule is CCOC(=O)CC(C)[B-](F)(F)F.[K+]. The molecule has 72 valence electrons. The van der Waals surface area contributed by atoms with E-state index in [1.807, 2.05) is 0 Å². The van der Waals surface area contributed by atoms with Crippen molar-refractivity contribution in [1.82, 2.24) is 0 Å². The van der Waals surface area contributed by atoms with Gasteiger partial charge in [-0.1, -0.05) is 12.7 Å². The Labute approximate surface area is 118 Å². The van der Waals surface area contributed by atoms with E-state index in [4.69, 9.17) is 0 Å². The van der Waals surface area contributed by atoms with Gasteiger partial charge in [-0.15, -0.1) is 0 Å². The van der Waals surface area contributed by atoms with Crippen LogP contribution in [0.2, 0.25) is 5.82 Å². The molecule has 1 unspecified atom stereocenters. The van der Waals surface area contributed by atoms with Gasteiger partial charge < -0.3 is 17.7 Å². The first-order valence-electron chi connectivity index (χ1n) is 3.73. The molecule has 0 bridgehead atoms. The standard InChI is InChI=1S/C6H11BF3O2.K/c1-3-12-6(11)4-5(2)7(8,9)10;/h5H,3-4H2,1-2H3;/q-1;+1. The second-order valence-electron chi connectivity index (χ2n) is 2.61. The first-order chi connectivity index (χ1) is 5.38. The Morgan fingerprint density at radius 1 is 1.46 bits per heavy atom. The zero-order chi connectivity index (χ0) is 9.78. The van der Waals surface area contributed by atoms with Gasteiger partial charge in [0.15, 0.2) is 0 Å². The summed E-state index contributed by atoms with van der Waals surface area (Å²) in [4.78, 5) is 10.6. The fourth-order valence-electron chi connectivity index (χ4n) is 0.616. The van der Waals surface area contributed by atoms with E-state index in [1.54, 1.807) is 6.92 Å². The van der Waals surface area contributed by atoms with Crippen molar-refractivity contribution >= 4 is 12.9 Å². The number of esters is 1. The Morgan fingerprint density at radius 2 is 1.92 bits per heavy atom. The minimum Gasteiger partial charge on any atom is -0.466 e. The van der Waals surface area contributed by atoms with E-state index in [2.05, 4.69) is 4.74 Å². The van der Waals surface area contributed by atoms with Crippen molar-refractivity contribution in [2.24, 2.45) is 0 Å². The van der Waals surface area contributed by atoms with E-state index in [1.165, 1.54) is 0 Å². The Hall–Kier alpha value is 0.961. The monoisotopic (exact) mass is 222 g/mol. The van der Waals surface area contributed by atoms with Gasteiger partial charge >= 0.3 is 64.3 Å². The smallest absolute Gasteiger partial charge is 0.466 e. The van der Waals surface area contributed by atoms with Crippen molar-refractivity contribution in [3.8, 4) is 0 Å². The molecular weight excluding hydrogens is 211 g/mol. The average molecular weight is 222 g/mol. The van der Waals surface area contributed by atoms with Crippen LogP contribution in [-0.4, -0.2) is 19.6 Å². The zero-order valence-electron chi connectivity index (χ0n) is 8.02. The molecule has 13 heavy (non-hydrogen) atoms. The van der Waals surface area contributed by atoms with Crippen molar-refractivity contribution < 1.29 is 73.9 Å². The molecule has 0 aliphatic rings. The van der Waals surface area contributed by atoms with Crippen LogP contribution in [-0.2, 0) is 9.53 Å². The molecule has 0 rings (SSSR count).